The normalized spacial score (nSPS) is 28.3. The zero-order valence-electron chi connectivity index (χ0n) is 11.7. The molecule has 110 valence electrons. The molecule has 0 amide bonds. The first-order valence-electron chi connectivity index (χ1n) is 6.66. The van der Waals surface area contributed by atoms with Gasteiger partial charge in [-0.15, -0.1) is 0 Å². The van der Waals surface area contributed by atoms with Gasteiger partial charge in [-0.05, 0) is 43.2 Å². The summed E-state index contributed by atoms with van der Waals surface area (Å²) in [6, 6.07) is 5.54. The number of benzene rings is 1. The van der Waals surface area contributed by atoms with Gasteiger partial charge in [0.2, 0.25) is 0 Å². The molecule has 1 spiro atoms. The van der Waals surface area contributed by atoms with Crippen molar-refractivity contribution < 1.29 is 14.3 Å². The van der Waals surface area contributed by atoms with E-state index in [9.17, 15) is 9.59 Å². The van der Waals surface area contributed by atoms with Gasteiger partial charge in [-0.1, -0.05) is 44.6 Å². The van der Waals surface area contributed by atoms with E-state index in [1.807, 2.05) is 32.1 Å². The number of ketones is 1. The lowest BCUT2D eigenvalue weighted by Crippen LogP contribution is -2.36. The molecule has 0 saturated carbocycles. The average molecular weight is 461 g/mol. The Labute approximate surface area is 145 Å². The first kappa shape index (κ1) is 15.2. The lowest BCUT2D eigenvalue weighted by Gasteiger charge is -2.23. The fraction of sp³-hybridized carbons (Fsp3) is 0.375. The Kier molecular flexibility index (Phi) is 3.56. The van der Waals surface area contributed by atoms with Crippen molar-refractivity contribution in [3.8, 4) is 0 Å². The van der Waals surface area contributed by atoms with Crippen LogP contribution in [-0.2, 0) is 16.0 Å². The van der Waals surface area contributed by atoms with Crippen molar-refractivity contribution in [2.24, 2.45) is 5.41 Å². The van der Waals surface area contributed by atoms with Crippen molar-refractivity contribution in [2.75, 3.05) is 4.43 Å². The molecule has 5 heteroatoms. The minimum atomic E-state index is -1.15. The average Bonchev–Trinajstić information content (AvgIpc) is 2.77. The summed E-state index contributed by atoms with van der Waals surface area (Å²) >= 11 is 5.64. The molecule has 1 heterocycles. The molecule has 2 aliphatic rings. The van der Waals surface area contributed by atoms with Crippen LogP contribution in [0.4, 0.5) is 0 Å². The number of rotatable bonds is 1. The number of esters is 1. The molecule has 3 nitrogen and oxygen atoms in total. The van der Waals surface area contributed by atoms with Crippen LogP contribution in [0.5, 0.6) is 0 Å². The topological polar surface area (TPSA) is 43.4 Å². The van der Waals surface area contributed by atoms with Crippen molar-refractivity contribution in [3.05, 3.63) is 45.4 Å². The molecular formula is C16H14BrIO3. The van der Waals surface area contributed by atoms with Crippen LogP contribution in [0.25, 0.3) is 0 Å². The van der Waals surface area contributed by atoms with Crippen LogP contribution in [0.1, 0.15) is 29.8 Å². The third kappa shape index (κ3) is 2.04. The molecular weight excluding hydrogens is 447 g/mol. The summed E-state index contributed by atoms with van der Waals surface area (Å²) in [5.74, 6) is -0.544. The summed E-state index contributed by atoms with van der Waals surface area (Å²) in [6.07, 6.45) is 2.36. The van der Waals surface area contributed by atoms with Crippen LogP contribution in [0.15, 0.2) is 34.3 Å². The van der Waals surface area contributed by atoms with Crippen LogP contribution in [0, 0.1) is 5.41 Å². The number of carbonyl (C=O) groups is 2. The van der Waals surface area contributed by atoms with E-state index in [4.69, 9.17) is 4.74 Å². The van der Waals surface area contributed by atoms with Crippen molar-refractivity contribution >= 4 is 50.3 Å². The summed E-state index contributed by atoms with van der Waals surface area (Å²) in [5.41, 5.74) is 0.456. The molecule has 1 aliphatic heterocycles. The lowest BCUT2D eigenvalue weighted by molar-refractivity contribution is -0.150. The molecule has 1 aliphatic carbocycles. The quantitative estimate of drug-likeness (QED) is 0.210. The maximum atomic E-state index is 13.0. The van der Waals surface area contributed by atoms with E-state index in [-0.39, 0.29) is 5.78 Å². The van der Waals surface area contributed by atoms with Crippen LogP contribution >= 0.6 is 38.5 Å². The number of alkyl halides is 1. The number of hydrogen-bond donors (Lipinski definition) is 0. The summed E-state index contributed by atoms with van der Waals surface area (Å²) in [6.45, 7) is 3.70. The van der Waals surface area contributed by atoms with E-state index in [1.165, 1.54) is 0 Å². The van der Waals surface area contributed by atoms with Gasteiger partial charge in [-0.2, -0.15) is 0 Å². The summed E-state index contributed by atoms with van der Waals surface area (Å²) in [7, 11) is 0. The Bertz CT molecular complexity index is 693. The van der Waals surface area contributed by atoms with Crippen molar-refractivity contribution in [1.29, 1.82) is 0 Å². The van der Waals surface area contributed by atoms with E-state index < -0.39 is 17.0 Å². The fourth-order valence-electron chi connectivity index (χ4n) is 3.40. The molecule has 0 aromatic heterocycles. The Morgan fingerprint density at radius 1 is 1.38 bits per heavy atom. The molecule has 1 aromatic rings. The van der Waals surface area contributed by atoms with E-state index in [0.29, 0.717) is 12.0 Å². The van der Waals surface area contributed by atoms with Gasteiger partial charge in [0.15, 0.2) is 11.2 Å². The van der Waals surface area contributed by atoms with Crippen molar-refractivity contribution in [1.82, 2.24) is 0 Å². The maximum Gasteiger partial charge on any atom is 0.325 e. The second kappa shape index (κ2) is 4.91. The zero-order valence-corrected chi connectivity index (χ0v) is 15.4. The Morgan fingerprint density at radius 3 is 2.76 bits per heavy atom. The minimum Gasteiger partial charge on any atom is -0.454 e. The number of Topliss-reactive ketones (excluding diaryl/α,β-unsaturated/α-hetero) is 1. The van der Waals surface area contributed by atoms with Gasteiger partial charge in [-0.3, -0.25) is 9.59 Å². The van der Waals surface area contributed by atoms with E-state index in [2.05, 4.69) is 38.5 Å². The third-order valence-corrected chi connectivity index (χ3v) is 5.17. The van der Waals surface area contributed by atoms with Gasteiger partial charge < -0.3 is 4.74 Å². The molecule has 1 atom stereocenters. The standard InChI is InChI=1S/C16H14BrIO3/c1-15(2)12(5-6-18)16(14(20)21-15)8-9-7-10(17)3-4-11(9)13(16)19/h3-5,7H,6,8H2,1-2H3/b12-5+/t16-/m1/s1. The van der Waals surface area contributed by atoms with Crippen molar-refractivity contribution in [3.63, 3.8) is 0 Å². The summed E-state index contributed by atoms with van der Waals surface area (Å²) < 4.78 is 7.19. The summed E-state index contributed by atoms with van der Waals surface area (Å²) in [4.78, 5) is 25.5. The number of halogens is 2. The molecule has 21 heavy (non-hydrogen) atoms. The first-order chi connectivity index (χ1) is 9.83. The third-order valence-electron chi connectivity index (χ3n) is 4.24. The molecule has 1 saturated heterocycles. The number of cyclic esters (lactones) is 1. The van der Waals surface area contributed by atoms with Gasteiger partial charge in [0.25, 0.3) is 0 Å². The molecule has 0 unspecified atom stereocenters. The smallest absolute Gasteiger partial charge is 0.325 e. The Balaban J connectivity index is 2.20. The summed E-state index contributed by atoms with van der Waals surface area (Å²) in [5, 5.41) is 0. The van der Waals surface area contributed by atoms with Crippen LogP contribution in [0.2, 0.25) is 0 Å². The molecule has 0 bridgehead atoms. The molecule has 3 rings (SSSR count). The highest BCUT2D eigenvalue weighted by atomic mass is 127. The molecule has 1 aromatic carbocycles. The van der Waals surface area contributed by atoms with E-state index >= 15 is 0 Å². The lowest BCUT2D eigenvalue weighted by atomic mass is 9.73. The number of fused-ring (bicyclic) bond motifs is 1. The number of carbonyl (C=O) groups excluding carboxylic acids is 2. The van der Waals surface area contributed by atoms with Gasteiger partial charge in [-0.25, -0.2) is 0 Å². The monoisotopic (exact) mass is 460 g/mol. The molecule has 0 radical (unpaired) electrons. The van der Waals surface area contributed by atoms with Crippen LogP contribution in [0.3, 0.4) is 0 Å². The van der Waals surface area contributed by atoms with Crippen molar-refractivity contribution in [2.45, 2.75) is 25.9 Å². The van der Waals surface area contributed by atoms with Crippen LogP contribution in [-0.4, -0.2) is 21.8 Å². The highest BCUT2D eigenvalue weighted by Gasteiger charge is 2.64. The number of allylic oxidation sites excluding steroid dienone is 1. The Morgan fingerprint density at radius 2 is 2.10 bits per heavy atom. The first-order valence-corrected chi connectivity index (χ1v) is 8.98. The SMILES string of the molecule is CC1(C)OC(=O)[C@]2(Cc3cc(Br)ccc3C2=O)/C1=C/CI. The Hall–Kier alpha value is -0.690. The minimum absolute atomic E-state index is 0.128. The molecule has 0 N–H and O–H groups in total. The largest absolute Gasteiger partial charge is 0.454 e. The molecule has 1 fully saturated rings. The van der Waals surface area contributed by atoms with Gasteiger partial charge in [0, 0.05) is 20.9 Å². The second-order valence-corrected chi connectivity index (χ2v) is 7.68. The highest BCUT2D eigenvalue weighted by Crippen LogP contribution is 2.53. The predicted octanol–water partition coefficient (Wildman–Crippen LogP) is 3.87. The van der Waals surface area contributed by atoms with Gasteiger partial charge in [0.05, 0.1) is 0 Å². The fourth-order valence-corrected chi connectivity index (χ4v) is 4.25. The van der Waals surface area contributed by atoms with Gasteiger partial charge in [0.1, 0.15) is 5.60 Å². The zero-order chi connectivity index (χ0) is 15.4. The number of hydrogen-bond acceptors (Lipinski definition) is 3. The maximum absolute atomic E-state index is 13.0. The van der Waals surface area contributed by atoms with Gasteiger partial charge >= 0.3 is 5.97 Å². The second-order valence-electron chi connectivity index (χ2n) is 5.88. The van der Waals surface area contributed by atoms with E-state index in [1.54, 1.807) is 6.07 Å². The number of ether oxygens (including phenoxy) is 1. The highest BCUT2D eigenvalue weighted by molar-refractivity contribution is 14.1. The van der Waals surface area contributed by atoms with E-state index in [0.717, 1.165) is 20.0 Å². The predicted molar refractivity (Wildman–Crippen MR) is 91.8 cm³/mol. The van der Waals surface area contributed by atoms with Crippen LogP contribution < -0.4 is 0 Å².